The molecule has 1 aromatic carbocycles. The number of aromatic nitrogens is 2. The van der Waals surface area contributed by atoms with Gasteiger partial charge in [-0.1, -0.05) is 51.1 Å². The van der Waals surface area contributed by atoms with Gasteiger partial charge in [0.25, 0.3) is 0 Å². The van der Waals surface area contributed by atoms with Crippen LogP contribution in [-0.4, -0.2) is 9.78 Å². The summed E-state index contributed by atoms with van der Waals surface area (Å²) in [5.41, 5.74) is 2.32. The molecule has 0 saturated carbocycles. The second-order valence-electron chi connectivity index (χ2n) is 5.51. The fraction of sp³-hybridized carbons (Fsp3) is 0.400. The van der Waals surface area contributed by atoms with Crippen molar-refractivity contribution in [3.05, 3.63) is 47.8 Å². The average Bonchev–Trinajstić information content (AvgIpc) is 2.69. The van der Waals surface area contributed by atoms with Gasteiger partial charge in [-0.25, -0.2) is 0 Å². The fourth-order valence-corrected chi connectivity index (χ4v) is 2.11. The molecule has 0 amide bonds. The molecule has 0 unspecified atom stereocenters. The van der Waals surface area contributed by atoms with Crippen molar-refractivity contribution in [1.82, 2.24) is 9.78 Å². The summed E-state index contributed by atoms with van der Waals surface area (Å²) in [5.74, 6) is 0.869. The molecule has 96 valence electrons. The molecule has 0 aliphatic rings. The largest absolute Gasteiger partial charge is 0.485 e. The standard InChI is InChI=1S/C15H20N2O/c1-15(2,3)14-13(10-16-17(14)4)18-11-12-8-6-5-7-9-12/h5-10H,11H2,1-4H3. The van der Waals surface area contributed by atoms with Crippen LogP contribution in [0.15, 0.2) is 36.5 Å². The third kappa shape index (κ3) is 2.73. The predicted molar refractivity (Wildman–Crippen MR) is 72.7 cm³/mol. The zero-order chi connectivity index (χ0) is 13.2. The van der Waals surface area contributed by atoms with Crippen LogP contribution in [-0.2, 0) is 19.1 Å². The summed E-state index contributed by atoms with van der Waals surface area (Å²) in [7, 11) is 1.95. The molecule has 18 heavy (non-hydrogen) atoms. The fourth-order valence-electron chi connectivity index (χ4n) is 2.11. The van der Waals surface area contributed by atoms with Crippen LogP contribution in [0.1, 0.15) is 32.0 Å². The van der Waals surface area contributed by atoms with E-state index >= 15 is 0 Å². The highest BCUT2D eigenvalue weighted by atomic mass is 16.5. The number of benzene rings is 1. The molecule has 0 bridgehead atoms. The van der Waals surface area contributed by atoms with Gasteiger partial charge in [0.15, 0.2) is 5.75 Å². The molecule has 2 rings (SSSR count). The van der Waals surface area contributed by atoms with Crippen LogP contribution < -0.4 is 4.74 Å². The Labute approximate surface area is 108 Å². The Bertz CT molecular complexity index is 509. The van der Waals surface area contributed by atoms with Gasteiger partial charge in [-0.2, -0.15) is 5.10 Å². The number of hydrogen-bond acceptors (Lipinski definition) is 2. The predicted octanol–water partition coefficient (Wildman–Crippen LogP) is 3.30. The first-order valence-corrected chi connectivity index (χ1v) is 6.17. The molecule has 0 N–H and O–H groups in total. The zero-order valence-electron chi connectivity index (χ0n) is 11.5. The topological polar surface area (TPSA) is 27.1 Å². The molecular weight excluding hydrogens is 224 g/mol. The summed E-state index contributed by atoms with van der Waals surface area (Å²) >= 11 is 0. The van der Waals surface area contributed by atoms with Crippen LogP contribution in [0, 0.1) is 0 Å². The lowest BCUT2D eigenvalue weighted by atomic mass is 9.91. The van der Waals surface area contributed by atoms with Crippen molar-refractivity contribution in [2.45, 2.75) is 32.8 Å². The number of hydrogen-bond donors (Lipinski definition) is 0. The summed E-state index contributed by atoms with van der Waals surface area (Å²) < 4.78 is 7.78. The van der Waals surface area contributed by atoms with Gasteiger partial charge in [0.2, 0.25) is 0 Å². The van der Waals surface area contributed by atoms with E-state index in [-0.39, 0.29) is 5.41 Å². The monoisotopic (exact) mass is 244 g/mol. The molecule has 0 saturated heterocycles. The Balaban J connectivity index is 2.16. The quantitative estimate of drug-likeness (QED) is 0.828. The first-order chi connectivity index (χ1) is 8.48. The van der Waals surface area contributed by atoms with Crippen LogP contribution in [0.25, 0.3) is 0 Å². The zero-order valence-corrected chi connectivity index (χ0v) is 11.5. The minimum atomic E-state index is 0.0251. The van der Waals surface area contributed by atoms with Crippen molar-refractivity contribution in [1.29, 1.82) is 0 Å². The van der Waals surface area contributed by atoms with E-state index in [2.05, 4.69) is 38.0 Å². The highest BCUT2D eigenvalue weighted by Gasteiger charge is 2.23. The summed E-state index contributed by atoms with van der Waals surface area (Å²) in [5, 5.41) is 4.29. The van der Waals surface area contributed by atoms with Crippen molar-refractivity contribution in [3.8, 4) is 5.75 Å². The van der Waals surface area contributed by atoms with Gasteiger partial charge in [0, 0.05) is 12.5 Å². The van der Waals surface area contributed by atoms with Crippen LogP contribution in [0.3, 0.4) is 0 Å². The van der Waals surface area contributed by atoms with Gasteiger partial charge >= 0.3 is 0 Å². The van der Waals surface area contributed by atoms with Gasteiger partial charge in [-0.15, -0.1) is 0 Å². The Hall–Kier alpha value is -1.77. The van der Waals surface area contributed by atoms with E-state index in [4.69, 9.17) is 4.74 Å². The Kier molecular flexibility index (Phi) is 3.41. The van der Waals surface area contributed by atoms with Gasteiger partial charge in [-0.3, -0.25) is 4.68 Å². The smallest absolute Gasteiger partial charge is 0.161 e. The minimum Gasteiger partial charge on any atom is -0.485 e. The minimum absolute atomic E-state index is 0.0251. The van der Waals surface area contributed by atoms with Crippen molar-refractivity contribution in [2.75, 3.05) is 0 Å². The molecule has 2 aromatic rings. The van der Waals surface area contributed by atoms with E-state index in [0.717, 1.165) is 11.4 Å². The number of nitrogens with zero attached hydrogens (tertiary/aromatic N) is 2. The van der Waals surface area contributed by atoms with Crippen molar-refractivity contribution in [2.24, 2.45) is 7.05 Å². The summed E-state index contributed by atoms with van der Waals surface area (Å²) in [6.07, 6.45) is 1.80. The van der Waals surface area contributed by atoms with Crippen LogP contribution in [0.4, 0.5) is 0 Å². The first-order valence-electron chi connectivity index (χ1n) is 6.17. The highest BCUT2D eigenvalue weighted by Crippen LogP contribution is 2.30. The van der Waals surface area contributed by atoms with E-state index in [9.17, 15) is 0 Å². The molecule has 3 nitrogen and oxygen atoms in total. The van der Waals surface area contributed by atoms with Crippen LogP contribution >= 0.6 is 0 Å². The van der Waals surface area contributed by atoms with Gasteiger partial charge in [0.05, 0.1) is 11.9 Å². The van der Waals surface area contributed by atoms with E-state index < -0.39 is 0 Å². The highest BCUT2D eigenvalue weighted by molar-refractivity contribution is 5.31. The van der Waals surface area contributed by atoms with Crippen LogP contribution in [0.2, 0.25) is 0 Å². The lowest BCUT2D eigenvalue weighted by Gasteiger charge is -2.20. The lowest BCUT2D eigenvalue weighted by Crippen LogP contribution is -2.17. The summed E-state index contributed by atoms with van der Waals surface area (Å²) in [6, 6.07) is 10.2. The molecule has 0 fully saturated rings. The van der Waals surface area contributed by atoms with Crippen molar-refractivity contribution >= 4 is 0 Å². The Morgan fingerprint density at radius 1 is 1.17 bits per heavy atom. The summed E-state index contributed by atoms with van der Waals surface area (Å²) in [6.45, 7) is 7.08. The van der Waals surface area contributed by atoms with Crippen LogP contribution in [0.5, 0.6) is 5.75 Å². The van der Waals surface area contributed by atoms with Gasteiger partial charge in [-0.05, 0) is 5.56 Å². The van der Waals surface area contributed by atoms with Crippen molar-refractivity contribution < 1.29 is 4.74 Å². The molecular formula is C15H20N2O. The van der Waals surface area contributed by atoms with Gasteiger partial charge in [0.1, 0.15) is 6.61 Å². The number of rotatable bonds is 3. The molecule has 3 heteroatoms. The average molecular weight is 244 g/mol. The molecule has 0 aliphatic heterocycles. The summed E-state index contributed by atoms with van der Waals surface area (Å²) in [4.78, 5) is 0. The van der Waals surface area contributed by atoms with E-state index in [1.165, 1.54) is 5.56 Å². The number of aryl methyl sites for hydroxylation is 1. The third-order valence-electron chi connectivity index (χ3n) is 2.85. The normalized spacial score (nSPS) is 11.6. The lowest BCUT2D eigenvalue weighted by molar-refractivity contribution is 0.295. The van der Waals surface area contributed by atoms with Crippen molar-refractivity contribution in [3.63, 3.8) is 0 Å². The molecule has 0 radical (unpaired) electrons. The van der Waals surface area contributed by atoms with E-state index in [1.54, 1.807) is 6.20 Å². The maximum Gasteiger partial charge on any atom is 0.161 e. The molecule has 1 heterocycles. The Morgan fingerprint density at radius 3 is 2.44 bits per heavy atom. The molecule has 0 atom stereocenters. The Morgan fingerprint density at radius 2 is 1.83 bits per heavy atom. The number of ether oxygens (including phenoxy) is 1. The molecule has 0 spiro atoms. The van der Waals surface area contributed by atoms with Gasteiger partial charge < -0.3 is 4.74 Å². The SMILES string of the molecule is Cn1ncc(OCc2ccccc2)c1C(C)(C)C. The first kappa shape index (κ1) is 12.7. The maximum atomic E-state index is 5.89. The molecule has 0 aliphatic carbocycles. The molecule has 1 aromatic heterocycles. The van der Waals surface area contributed by atoms with E-state index in [1.807, 2.05) is 29.9 Å². The third-order valence-corrected chi connectivity index (χ3v) is 2.85. The second-order valence-corrected chi connectivity index (χ2v) is 5.51. The second kappa shape index (κ2) is 4.84. The maximum absolute atomic E-state index is 5.89. The van der Waals surface area contributed by atoms with E-state index in [0.29, 0.717) is 6.61 Å².